The molecule has 0 saturated carbocycles. The van der Waals surface area contributed by atoms with Crippen molar-refractivity contribution in [1.82, 2.24) is 0 Å². The Morgan fingerprint density at radius 3 is 2.90 bits per heavy atom. The van der Waals surface area contributed by atoms with Gasteiger partial charge in [0.25, 0.3) is 0 Å². The number of carbonyl (C=O) groups excluding carboxylic acids is 1. The summed E-state index contributed by atoms with van der Waals surface area (Å²) in [5.74, 6) is -0.815. The van der Waals surface area contributed by atoms with Gasteiger partial charge in [-0.3, -0.25) is 4.79 Å². The number of amidine groups is 1. The van der Waals surface area contributed by atoms with Crippen LogP contribution in [-0.4, -0.2) is 17.0 Å². The first kappa shape index (κ1) is 15.4. The monoisotopic (exact) mass is 289 g/mol. The second-order valence-electron chi connectivity index (χ2n) is 5.51. The molecule has 1 aromatic rings. The van der Waals surface area contributed by atoms with Crippen molar-refractivity contribution in [2.45, 2.75) is 45.4 Å². The second-order valence-corrected chi connectivity index (χ2v) is 5.51. The lowest BCUT2D eigenvalue weighted by molar-refractivity contribution is -0.118. The zero-order valence-corrected chi connectivity index (χ0v) is 12.4. The average molecular weight is 289 g/mol. The van der Waals surface area contributed by atoms with Crippen LogP contribution in [0.2, 0.25) is 0 Å². The lowest BCUT2D eigenvalue weighted by atomic mass is 9.90. The van der Waals surface area contributed by atoms with Crippen molar-refractivity contribution in [1.29, 1.82) is 0 Å². The molecule has 1 aliphatic rings. The number of nitrogens with two attached hydrogens (primary N) is 1. The van der Waals surface area contributed by atoms with Gasteiger partial charge in [-0.25, -0.2) is 0 Å². The molecule has 0 radical (unpaired) electrons. The van der Waals surface area contributed by atoms with E-state index in [1.807, 2.05) is 19.1 Å². The minimum atomic E-state index is -0.584. The Morgan fingerprint density at radius 1 is 1.43 bits per heavy atom. The number of carbonyl (C=O) groups is 1. The van der Waals surface area contributed by atoms with E-state index in [0.29, 0.717) is 6.42 Å². The number of oxime groups is 1. The predicted molar refractivity (Wildman–Crippen MR) is 83.5 cm³/mol. The fourth-order valence-corrected chi connectivity index (χ4v) is 2.89. The number of anilines is 1. The fraction of sp³-hybridized carbons (Fsp3) is 0.500. The number of nitrogens with one attached hydrogen (secondary N) is 1. The maximum absolute atomic E-state index is 12.4. The van der Waals surface area contributed by atoms with Crippen LogP contribution in [0.4, 0.5) is 5.69 Å². The fourth-order valence-electron chi connectivity index (χ4n) is 2.89. The van der Waals surface area contributed by atoms with Gasteiger partial charge in [0.15, 0.2) is 5.84 Å². The van der Waals surface area contributed by atoms with Crippen molar-refractivity contribution in [3.63, 3.8) is 0 Å². The van der Waals surface area contributed by atoms with E-state index >= 15 is 0 Å². The molecule has 0 aliphatic heterocycles. The highest BCUT2D eigenvalue weighted by Crippen LogP contribution is 2.28. The Hall–Kier alpha value is -2.04. The maximum atomic E-state index is 12.4. The van der Waals surface area contributed by atoms with E-state index in [1.54, 1.807) is 0 Å². The van der Waals surface area contributed by atoms with Gasteiger partial charge in [0.05, 0.1) is 5.92 Å². The summed E-state index contributed by atoms with van der Waals surface area (Å²) in [6, 6.07) is 6.02. The molecule has 2 rings (SSSR count). The minimum absolute atomic E-state index is 0.0286. The summed E-state index contributed by atoms with van der Waals surface area (Å²) < 4.78 is 0. The number of nitrogens with zero attached hydrogens (tertiary/aromatic N) is 1. The zero-order chi connectivity index (χ0) is 15.2. The SMILES string of the molecule is CCCC(C(=O)Nc1cccc2c1CCCC2)C(N)=NO. The molecule has 0 saturated heterocycles. The quantitative estimate of drug-likeness (QED) is 0.337. The normalized spacial score (nSPS) is 16.1. The van der Waals surface area contributed by atoms with Crippen LogP contribution in [0.3, 0.4) is 0 Å². The van der Waals surface area contributed by atoms with E-state index in [1.165, 1.54) is 17.5 Å². The zero-order valence-electron chi connectivity index (χ0n) is 12.4. The molecule has 1 unspecified atom stereocenters. The van der Waals surface area contributed by atoms with Crippen molar-refractivity contribution in [2.75, 3.05) is 5.32 Å². The molecule has 0 heterocycles. The van der Waals surface area contributed by atoms with Crippen molar-refractivity contribution >= 4 is 17.4 Å². The smallest absolute Gasteiger partial charge is 0.235 e. The Balaban J connectivity index is 2.19. The molecule has 5 nitrogen and oxygen atoms in total. The van der Waals surface area contributed by atoms with Gasteiger partial charge in [-0.1, -0.05) is 30.6 Å². The second kappa shape index (κ2) is 7.11. The summed E-state index contributed by atoms with van der Waals surface area (Å²) in [7, 11) is 0. The molecule has 0 fully saturated rings. The van der Waals surface area contributed by atoms with Crippen molar-refractivity contribution in [3.05, 3.63) is 29.3 Å². The molecular formula is C16H23N3O2. The average Bonchev–Trinajstić information content (AvgIpc) is 2.52. The number of benzene rings is 1. The van der Waals surface area contributed by atoms with Gasteiger partial charge in [-0.2, -0.15) is 0 Å². The van der Waals surface area contributed by atoms with Crippen LogP contribution in [0.25, 0.3) is 0 Å². The minimum Gasteiger partial charge on any atom is -0.409 e. The molecule has 4 N–H and O–H groups in total. The van der Waals surface area contributed by atoms with Gasteiger partial charge in [0, 0.05) is 5.69 Å². The highest BCUT2D eigenvalue weighted by atomic mass is 16.4. The van der Waals surface area contributed by atoms with Crippen LogP contribution in [0.5, 0.6) is 0 Å². The molecule has 1 aromatic carbocycles. The largest absolute Gasteiger partial charge is 0.409 e. The molecular weight excluding hydrogens is 266 g/mol. The van der Waals surface area contributed by atoms with Gasteiger partial charge in [0.2, 0.25) is 5.91 Å². The van der Waals surface area contributed by atoms with E-state index in [0.717, 1.165) is 31.4 Å². The van der Waals surface area contributed by atoms with Crippen LogP contribution < -0.4 is 11.1 Å². The highest BCUT2D eigenvalue weighted by Gasteiger charge is 2.23. The number of fused-ring (bicyclic) bond motifs is 1. The van der Waals surface area contributed by atoms with Gasteiger partial charge >= 0.3 is 0 Å². The van der Waals surface area contributed by atoms with E-state index < -0.39 is 5.92 Å². The summed E-state index contributed by atoms with van der Waals surface area (Å²) in [5, 5.41) is 14.8. The first-order chi connectivity index (χ1) is 10.2. The molecule has 21 heavy (non-hydrogen) atoms. The number of aryl methyl sites for hydroxylation is 1. The maximum Gasteiger partial charge on any atom is 0.235 e. The lowest BCUT2D eigenvalue weighted by Gasteiger charge is -2.21. The lowest BCUT2D eigenvalue weighted by Crippen LogP contribution is -2.35. The number of hydrogen-bond acceptors (Lipinski definition) is 3. The van der Waals surface area contributed by atoms with Crippen LogP contribution >= 0.6 is 0 Å². The first-order valence-corrected chi connectivity index (χ1v) is 7.56. The van der Waals surface area contributed by atoms with E-state index in [9.17, 15) is 4.79 Å². The highest BCUT2D eigenvalue weighted by molar-refractivity contribution is 6.08. The van der Waals surface area contributed by atoms with E-state index in [-0.39, 0.29) is 11.7 Å². The Morgan fingerprint density at radius 2 is 2.19 bits per heavy atom. The molecule has 0 spiro atoms. The third-order valence-electron chi connectivity index (χ3n) is 4.02. The first-order valence-electron chi connectivity index (χ1n) is 7.56. The van der Waals surface area contributed by atoms with Crippen molar-refractivity contribution in [3.8, 4) is 0 Å². The number of rotatable bonds is 5. The van der Waals surface area contributed by atoms with Crippen molar-refractivity contribution in [2.24, 2.45) is 16.8 Å². The Bertz CT molecular complexity index is 540. The molecule has 0 aromatic heterocycles. The molecule has 5 heteroatoms. The number of amides is 1. The molecule has 1 amide bonds. The third-order valence-corrected chi connectivity index (χ3v) is 4.02. The van der Waals surface area contributed by atoms with Crippen LogP contribution in [0.1, 0.15) is 43.7 Å². The summed E-state index contributed by atoms with van der Waals surface area (Å²) >= 11 is 0. The Kier molecular flexibility index (Phi) is 5.20. The molecule has 1 aliphatic carbocycles. The predicted octanol–water partition coefficient (Wildman–Crippen LogP) is 2.67. The molecule has 0 bridgehead atoms. The van der Waals surface area contributed by atoms with E-state index in [2.05, 4.69) is 16.5 Å². The van der Waals surface area contributed by atoms with Crippen LogP contribution in [0.15, 0.2) is 23.4 Å². The Labute approximate surface area is 125 Å². The van der Waals surface area contributed by atoms with Crippen LogP contribution in [0, 0.1) is 5.92 Å². The topological polar surface area (TPSA) is 87.7 Å². The summed E-state index contributed by atoms with van der Waals surface area (Å²) in [6.45, 7) is 1.97. The third kappa shape index (κ3) is 3.54. The molecule has 1 atom stereocenters. The summed E-state index contributed by atoms with van der Waals surface area (Å²) in [4.78, 5) is 12.4. The van der Waals surface area contributed by atoms with Gasteiger partial charge < -0.3 is 16.3 Å². The van der Waals surface area contributed by atoms with E-state index in [4.69, 9.17) is 10.9 Å². The standard InChI is InChI=1S/C16H23N3O2/c1-2-6-13(15(17)19-21)16(20)18-14-10-5-8-11-7-3-4-9-12(11)14/h5,8,10,13,21H,2-4,6-7,9H2,1H3,(H2,17,19)(H,18,20). The number of hydrogen-bond donors (Lipinski definition) is 3. The van der Waals surface area contributed by atoms with Gasteiger partial charge in [-0.05, 0) is 49.3 Å². The van der Waals surface area contributed by atoms with Gasteiger partial charge in [-0.15, -0.1) is 0 Å². The van der Waals surface area contributed by atoms with Crippen LogP contribution in [-0.2, 0) is 17.6 Å². The summed E-state index contributed by atoms with van der Waals surface area (Å²) in [5.41, 5.74) is 9.04. The molecule has 114 valence electrons. The van der Waals surface area contributed by atoms with Gasteiger partial charge in [0.1, 0.15) is 0 Å². The van der Waals surface area contributed by atoms with Crippen molar-refractivity contribution < 1.29 is 10.0 Å². The summed E-state index contributed by atoms with van der Waals surface area (Å²) in [6.07, 6.45) is 5.77.